The number of benzene rings is 1. The Morgan fingerprint density at radius 1 is 1.50 bits per heavy atom. The fraction of sp³-hybridized carbons (Fsp3) is 0.250. The van der Waals surface area contributed by atoms with Gasteiger partial charge in [0.1, 0.15) is 0 Å². The molecule has 2 rings (SSSR count). The standard InChI is InChI=1S/C12H12FNO2/c1-8(15)14-4-3-9-6-12(16-2)11(13)5-10(9)7-14/h3-6H,7H2,1-2H3. The van der Waals surface area contributed by atoms with Crippen molar-refractivity contribution in [2.45, 2.75) is 13.5 Å². The highest BCUT2D eigenvalue weighted by Crippen LogP contribution is 2.27. The summed E-state index contributed by atoms with van der Waals surface area (Å²) >= 11 is 0. The Labute approximate surface area is 93.1 Å². The molecule has 1 aromatic rings. The van der Waals surface area contributed by atoms with Crippen LogP contribution >= 0.6 is 0 Å². The van der Waals surface area contributed by atoms with Gasteiger partial charge >= 0.3 is 0 Å². The van der Waals surface area contributed by atoms with Crippen molar-refractivity contribution >= 4 is 12.0 Å². The van der Waals surface area contributed by atoms with Crippen LogP contribution in [0.25, 0.3) is 6.08 Å². The Kier molecular flexibility index (Phi) is 2.64. The van der Waals surface area contributed by atoms with Crippen molar-refractivity contribution in [1.82, 2.24) is 4.90 Å². The van der Waals surface area contributed by atoms with Gasteiger partial charge in [-0.15, -0.1) is 0 Å². The maximum absolute atomic E-state index is 13.5. The molecular formula is C12H12FNO2. The zero-order valence-electron chi connectivity index (χ0n) is 9.16. The lowest BCUT2D eigenvalue weighted by Gasteiger charge is -2.22. The molecule has 1 aromatic carbocycles. The summed E-state index contributed by atoms with van der Waals surface area (Å²) in [6.45, 7) is 1.89. The van der Waals surface area contributed by atoms with E-state index in [0.29, 0.717) is 6.54 Å². The van der Waals surface area contributed by atoms with E-state index in [2.05, 4.69) is 0 Å². The second-order valence-electron chi connectivity index (χ2n) is 3.65. The number of carbonyl (C=O) groups is 1. The molecule has 0 aliphatic carbocycles. The Bertz CT molecular complexity index is 468. The summed E-state index contributed by atoms with van der Waals surface area (Å²) in [4.78, 5) is 12.7. The quantitative estimate of drug-likeness (QED) is 0.727. The number of hydrogen-bond donors (Lipinski definition) is 0. The van der Waals surface area contributed by atoms with Crippen molar-refractivity contribution in [2.75, 3.05) is 7.11 Å². The van der Waals surface area contributed by atoms with Gasteiger partial charge in [0.05, 0.1) is 13.7 Å². The monoisotopic (exact) mass is 221 g/mol. The van der Waals surface area contributed by atoms with Crippen LogP contribution in [-0.4, -0.2) is 17.9 Å². The lowest BCUT2D eigenvalue weighted by Crippen LogP contribution is -2.24. The van der Waals surface area contributed by atoms with E-state index < -0.39 is 5.82 Å². The number of amides is 1. The summed E-state index contributed by atoms with van der Waals surface area (Å²) in [6, 6.07) is 3.05. The van der Waals surface area contributed by atoms with E-state index in [4.69, 9.17) is 4.74 Å². The highest BCUT2D eigenvalue weighted by Gasteiger charge is 2.16. The van der Waals surface area contributed by atoms with Crippen molar-refractivity contribution in [3.05, 3.63) is 35.3 Å². The Balaban J connectivity index is 2.40. The molecule has 16 heavy (non-hydrogen) atoms. The van der Waals surface area contributed by atoms with Gasteiger partial charge in [0.2, 0.25) is 5.91 Å². The van der Waals surface area contributed by atoms with Gasteiger partial charge in [0.25, 0.3) is 0 Å². The molecule has 3 nitrogen and oxygen atoms in total. The number of rotatable bonds is 1. The molecule has 0 unspecified atom stereocenters. The van der Waals surface area contributed by atoms with Crippen molar-refractivity contribution in [3.8, 4) is 5.75 Å². The third-order valence-electron chi connectivity index (χ3n) is 2.59. The average Bonchev–Trinajstić information content (AvgIpc) is 2.27. The molecule has 1 aliphatic heterocycles. The van der Waals surface area contributed by atoms with Crippen LogP contribution in [0.2, 0.25) is 0 Å². The van der Waals surface area contributed by atoms with Crippen LogP contribution < -0.4 is 4.74 Å². The number of hydrogen-bond acceptors (Lipinski definition) is 2. The van der Waals surface area contributed by atoms with Gasteiger partial charge in [-0.05, 0) is 29.3 Å². The van der Waals surface area contributed by atoms with Crippen molar-refractivity contribution in [1.29, 1.82) is 0 Å². The smallest absolute Gasteiger partial charge is 0.223 e. The lowest BCUT2D eigenvalue weighted by molar-refractivity contribution is -0.126. The number of nitrogens with zero attached hydrogens (tertiary/aromatic N) is 1. The van der Waals surface area contributed by atoms with Gasteiger partial charge in [-0.2, -0.15) is 0 Å². The van der Waals surface area contributed by atoms with E-state index >= 15 is 0 Å². The molecule has 1 heterocycles. The highest BCUT2D eigenvalue weighted by molar-refractivity contribution is 5.77. The molecule has 0 N–H and O–H groups in total. The first-order valence-corrected chi connectivity index (χ1v) is 4.93. The molecule has 0 spiro atoms. The van der Waals surface area contributed by atoms with Gasteiger partial charge in [-0.1, -0.05) is 0 Å². The molecule has 0 bridgehead atoms. The van der Waals surface area contributed by atoms with Crippen LogP contribution in [0.5, 0.6) is 5.75 Å². The molecule has 0 aromatic heterocycles. The first-order chi connectivity index (χ1) is 7.61. The second kappa shape index (κ2) is 3.96. The summed E-state index contributed by atoms with van der Waals surface area (Å²) in [5.41, 5.74) is 1.67. The van der Waals surface area contributed by atoms with E-state index in [1.165, 1.54) is 25.0 Å². The first kappa shape index (κ1) is 10.7. The summed E-state index contributed by atoms with van der Waals surface area (Å²) in [5, 5.41) is 0. The fourth-order valence-electron chi connectivity index (χ4n) is 1.68. The maximum Gasteiger partial charge on any atom is 0.223 e. The Hall–Kier alpha value is -1.84. The molecule has 1 amide bonds. The van der Waals surface area contributed by atoms with Crippen molar-refractivity contribution in [2.24, 2.45) is 0 Å². The first-order valence-electron chi connectivity index (χ1n) is 4.93. The van der Waals surface area contributed by atoms with E-state index in [1.807, 2.05) is 0 Å². The summed E-state index contributed by atoms with van der Waals surface area (Å²) in [6.07, 6.45) is 3.48. The number of methoxy groups -OCH3 is 1. The van der Waals surface area contributed by atoms with E-state index in [1.54, 1.807) is 18.3 Å². The predicted molar refractivity (Wildman–Crippen MR) is 58.2 cm³/mol. The number of halogens is 1. The van der Waals surface area contributed by atoms with Gasteiger partial charge in [0.15, 0.2) is 11.6 Å². The normalized spacial score (nSPS) is 13.6. The zero-order valence-corrected chi connectivity index (χ0v) is 9.16. The largest absolute Gasteiger partial charge is 0.494 e. The predicted octanol–water partition coefficient (Wildman–Crippen LogP) is 2.17. The fourth-order valence-corrected chi connectivity index (χ4v) is 1.68. The molecule has 0 radical (unpaired) electrons. The Morgan fingerprint density at radius 3 is 2.88 bits per heavy atom. The molecule has 4 heteroatoms. The number of ether oxygens (including phenoxy) is 1. The van der Waals surface area contributed by atoms with Crippen LogP contribution in [0.4, 0.5) is 4.39 Å². The van der Waals surface area contributed by atoms with Gasteiger partial charge in [0, 0.05) is 13.1 Å². The lowest BCUT2D eigenvalue weighted by atomic mass is 10.0. The van der Waals surface area contributed by atoms with Gasteiger partial charge in [-0.25, -0.2) is 4.39 Å². The van der Waals surface area contributed by atoms with Crippen LogP contribution in [0.1, 0.15) is 18.1 Å². The molecule has 0 saturated heterocycles. The average molecular weight is 221 g/mol. The summed E-state index contributed by atoms with van der Waals surface area (Å²) in [7, 11) is 1.43. The molecule has 1 aliphatic rings. The van der Waals surface area contributed by atoms with Gasteiger partial charge < -0.3 is 9.64 Å². The molecule has 84 valence electrons. The third kappa shape index (κ3) is 1.78. The van der Waals surface area contributed by atoms with Gasteiger partial charge in [-0.3, -0.25) is 4.79 Å². The van der Waals surface area contributed by atoms with E-state index in [9.17, 15) is 9.18 Å². The minimum atomic E-state index is -0.403. The van der Waals surface area contributed by atoms with Crippen LogP contribution in [-0.2, 0) is 11.3 Å². The SMILES string of the molecule is COc1cc2c(cc1F)CN(C(C)=O)C=C2. The minimum absolute atomic E-state index is 0.0573. The van der Waals surface area contributed by atoms with Crippen LogP contribution in [0.15, 0.2) is 18.3 Å². The molecule has 0 atom stereocenters. The molecule has 0 fully saturated rings. The highest BCUT2D eigenvalue weighted by atomic mass is 19.1. The summed E-state index contributed by atoms with van der Waals surface area (Å²) in [5.74, 6) is -0.238. The maximum atomic E-state index is 13.5. The summed E-state index contributed by atoms with van der Waals surface area (Å²) < 4.78 is 18.3. The minimum Gasteiger partial charge on any atom is -0.494 e. The second-order valence-corrected chi connectivity index (χ2v) is 3.65. The number of fused-ring (bicyclic) bond motifs is 1. The number of carbonyl (C=O) groups excluding carboxylic acids is 1. The Morgan fingerprint density at radius 2 is 2.25 bits per heavy atom. The van der Waals surface area contributed by atoms with E-state index in [-0.39, 0.29) is 11.7 Å². The van der Waals surface area contributed by atoms with Crippen LogP contribution in [0.3, 0.4) is 0 Å². The van der Waals surface area contributed by atoms with Crippen molar-refractivity contribution < 1.29 is 13.9 Å². The van der Waals surface area contributed by atoms with E-state index in [0.717, 1.165) is 11.1 Å². The molecule has 0 saturated carbocycles. The van der Waals surface area contributed by atoms with Crippen molar-refractivity contribution in [3.63, 3.8) is 0 Å². The topological polar surface area (TPSA) is 29.5 Å². The van der Waals surface area contributed by atoms with Crippen LogP contribution in [0, 0.1) is 5.82 Å². The zero-order chi connectivity index (χ0) is 11.7. The third-order valence-corrected chi connectivity index (χ3v) is 2.59. The molecular weight excluding hydrogens is 209 g/mol.